The number of sulfonamides is 1. The minimum Gasteiger partial charge on any atom is -0.336 e. The molecule has 29 heavy (non-hydrogen) atoms. The van der Waals surface area contributed by atoms with Crippen LogP contribution in [0.15, 0.2) is 41.3 Å². The molecular weight excluding hydrogens is 430 g/mol. The summed E-state index contributed by atoms with van der Waals surface area (Å²) in [5.74, 6) is -0.109. The van der Waals surface area contributed by atoms with E-state index in [-0.39, 0.29) is 10.8 Å². The summed E-state index contributed by atoms with van der Waals surface area (Å²) < 4.78 is 27.9. The maximum absolute atomic E-state index is 13.0. The van der Waals surface area contributed by atoms with E-state index in [4.69, 9.17) is 11.6 Å². The quantitative estimate of drug-likeness (QED) is 0.697. The van der Waals surface area contributed by atoms with Crippen molar-refractivity contribution in [2.75, 3.05) is 39.3 Å². The molecule has 0 N–H and O–H groups in total. The maximum atomic E-state index is 13.0. The molecule has 0 radical (unpaired) electrons. The van der Waals surface area contributed by atoms with Crippen molar-refractivity contribution in [2.24, 2.45) is 0 Å². The first-order valence-electron chi connectivity index (χ1n) is 9.79. The monoisotopic (exact) mass is 453 g/mol. The Kier molecular flexibility index (Phi) is 6.27. The van der Waals surface area contributed by atoms with Gasteiger partial charge in [0.1, 0.15) is 0 Å². The summed E-state index contributed by atoms with van der Waals surface area (Å²) in [6, 6.07) is 10.4. The van der Waals surface area contributed by atoms with Crippen molar-refractivity contribution in [2.45, 2.75) is 24.3 Å². The highest BCUT2D eigenvalue weighted by molar-refractivity contribution is 7.89. The van der Waals surface area contributed by atoms with E-state index in [1.807, 2.05) is 12.1 Å². The lowest BCUT2D eigenvalue weighted by Gasteiger charge is -2.34. The summed E-state index contributed by atoms with van der Waals surface area (Å²) in [4.78, 5) is 18.5. The van der Waals surface area contributed by atoms with Gasteiger partial charge in [0.2, 0.25) is 10.0 Å². The molecule has 6 nitrogen and oxygen atoms in total. The Morgan fingerprint density at radius 1 is 1.00 bits per heavy atom. The first-order valence-corrected chi connectivity index (χ1v) is 12.4. The fourth-order valence-corrected chi connectivity index (χ4v) is 6.51. The molecule has 0 spiro atoms. The lowest BCUT2D eigenvalue weighted by atomic mass is 10.2. The molecule has 2 aromatic rings. The number of halogens is 1. The Hall–Kier alpha value is -1.45. The van der Waals surface area contributed by atoms with Crippen LogP contribution in [0.1, 0.15) is 28.1 Å². The zero-order valence-electron chi connectivity index (χ0n) is 16.1. The molecule has 1 aromatic heterocycles. The molecule has 2 aliphatic heterocycles. The average molecular weight is 454 g/mol. The van der Waals surface area contributed by atoms with Crippen molar-refractivity contribution in [3.8, 4) is 0 Å². The van der Waals surface area contributed by atoms with Crippen molar-refractivity contribution in [3.63, 3.8) is 0 Å². The lowest BCUT2D eigenvalue weighted by molar-refractivity contribution is 0.0629. The van der Waals surface area contributed by atoms with E-state index in [9.17, 15) is 13.2 Å². The topological polar surface area (TPSA) is 60.9 Å². The number of hydrogen-bond donors (Lipinski definition) is 0. The number of carbonyl (C=O) groups is 1. The van der Waals surface area contributed by atoms with Gasteiger partial charge < -0.3 is 4.90 Å². The van der Waals surface area contributed by atoms with Crippen molar-refractivity contribution in [3.05, 3.63) is 51.2 Å². The van der Waals surface area contributed by atoms with Crippen LogP contribution in [0.25, 0.3) is 0 Å². The highest BCUT2D eigenvalue weighted by atomic mass is 35.5. The van der Waals surface area contributed by atoms with Crippen molar-refractivity contribution < 1.29 is 13.2 Å². The van der Waals surface area contributed by atoms with Gasteiger partial charge in [-0.1, -0.05) is 17.7 Å². The first-order chi connectivity index (χ1) is 13.9. The van der Waals surface area contributed by atoms with Gasteiger partial charge >= 0.3 is 0 Å². The van der Waals surface area contributed by atoms with Crippen LogP contribution >= 0.6 is 22.9 Å². The van der Waals surface area contributed by atoms with Gasteiger partial charge in [0.25, 0.3) is 5.91 Å². The van der Waals surface area contributed by atoms with Gasteiger partial charge in [0.15, 0.2) is 0 Å². The molecule has 2 fully saturated rings. The number of amides is 1. The standard InChI is InChI=1S/C20H24ClN3O3S2/c21-19-7-6-17(28-19)15-22-10-12-23(13-11-22)20(25)16-4-3-5-18(14-16)29(26,27)24-8-1-2-9-24/h3-7,14H,1-2,8-13,15H2. The molecule has 156 valence electrons. The van der Waals surface area contributed by atoms with Crippen LogP contribution in [-0.2, 0) is 16.6 Å². The average Bonchev–Trinajstić information content (AvgIpc) is 3.41. The minimum absolute atomic E-state index is 0.109. The minimum atomic E-state index is -3.52. The number of thiophene rings is 1. The molecule has 3 heterocycles. The van der Waals surface area contributed by atoms with E-state index >= 15 is 0 Å². The molecule has 0 atom stereocenters. The summed E-state index contributed by atoms with van der Waals surface area (Å²) in [5.41, 5.74) is 0.434. The number of carbonyl (C=O) groups excluding carboxylic acids is 1. The van der Waals surface area contributed by atoms with Gasteiger partial charge in [0, 0.05) is 56.3 Å². The number of rotatable bonds is 5. The zero-order valence-corrected chi connectivity index (χ0v) is 18.5. The summed E-state index contributed by atoms with van der Waals surface area (Å²) in [5, 5.41) is 0. The number of nitrogens with zero attached hydrogens (tertiary/aromatic N) is 3. The predicted molar refractivity (Wildman–Crippen MR) is 115 cm³/mol. The molecule has 1 aromatic carbocycles. The van der Waals surface area contributed by atoms with Gasteiger partial charge in [-0.05, 0) is 43.2 Å². The fraction of sp³-hybridized carbons (Fsp3) is 0.450. The maximum Gasteiger partial charge on any atom is 0.253 e. The summed E-state index contributed by atoms with van der Waals surface area (Å²) in [6.45, 7) is 4.76. The van der Waals surface area contributed by atoms with Crippen LogP contribution in [-0.4, -0.2) is 67.7 Å². The Bertz CT molecular complexity index is 978. The van der Waals surface area contributed by atoms with Gasteiger partial charge in [0.05, 0.1) is 9.23 Å². The summed E-state index contributed by atoms with van der Waals surface area (Å²) in [6.07, 6.45) is 1.78. The van der Waals surface area contributed by atoms with Gasteiger partial charge in [-0.3, -0.25) is 9.69 Å². The fourth-order valence-electron chi connectivity index (χ4n) is 3.82. The van der Waals surface area contributed by atoms with Crippen LogP contribution in [0.2, 0.25) is 4.34 Å². The van der Waals surface area contributed by atoms with Crippen molar-refractivity contribution in [1.29, 1.82) is 0 Å². The van der Waals surface area contributed by atoms with Crippen molar-refractivity contribution in [1.82, 2.24) is 14.1 Å². The summed E-state index contributed by atoms with van der Waals surface area (Å²) in [7, 11) is -3.52. The molecule has 0 aliphatic carbocycles. The number of benzene rings is 1. The Morgan fingerprint density at radius 3 is 2.38 bits per heavy atom. The van der Waals surface area contributed by atoms with Crippen molar-refractivity contribution >= 4 is 38.9 Å². The molecule has 2 saturated heterocycles. The van der Waals surface area contributed by atoms with E-state index < -0.39 is 10.0 Å². The molecular formula is C20H24ClN3O3S2. The molecule has 0 saturated carbocycles. The summed E-state index contributed by atoms with van der Waals surface area (Å²) >= 11 is 7.58. The second-order valence-corrected chi connectivity index (χ2v) is 11.2. The van der Waals surface area contributed by atoms with E-state index in [1.54, 1.807) is 34.4 Å². The van der Waals surface area contributed by atoms with E-state index in [1.165, 1.54) is 15.2 Å². The molecule has 1 amide bonds. The molecule has 4 rings (SSSR count). The Balaban J connectivity index is 1.40. The third-order valence-corrected chi connectivity index (χ3v) is 8.56. The van der Waals surface area contributed by atoms with Crippen LogP contribution < -0.4 is 0 Å². The SMILES string of the molecule is O=C(c1cccc(S(=O)(=O)N2CCCC2)c1)N1CCN(Cc2ccc(Cl)s2)CC1. The molecule has 0 unspecified atom stereocenters. The zero-order chi connectivity index (χ0) is 20.4. The Labute approximate surface area is 180 Å². The highest BCUT2D eigenvalue weighted by Crippen LogP contribution is 2.24. The largest absolute Gasteiger partial charge is 0.336 e. The van der Waals surface area contributed by atoms with E-state index in [0.29, 0.717) is 31.7 Å². The van der Waals surface area contributed by atoms with Crippen LogP contribution in [0.5, 0.6) is 0 Å². The van der Waals surface area contributed by atoms with Crippen LogP contribution in [0, 0.1) is 0 Å². The predicted octanol–water partition coefficient (Wildman–Crippen LogP) is 3.14. The van der Waals surface area contributed by atoms with E-state index in [2.05, 4.69) is 4.90 Å². The van der Waals surface area contributed by atoms with E-state index in [0.717, 1.165) is 36.8 Å². The normalized spacial score (nSPS) is 19.0. The van der Waals surface area contributed by atoms with Gasteiger partial charge in [-0.2, -0.15) is 4.31 Å². The first kappa shape index (κ1) is 20.8. The molecule has 9 heteroatoms. The third-order valence-electron chi connectivity index (χ3n) is 5.45. The Morgan fingerprint density at radius 2 is 1.72 bits per heavy atom. The number of piperazine rings is 1. The molecule has 2 aliphatic rings. The molecule has 0 bridgehead atoms. The van der Waals surface area contributed by atoms with Gasteiger partial charge in [-0.15, -0.1) is 11.3 Å². The number of hydrogen-bond acceptors (Lipinski definition) is 5. The third kappa shape index (κ3) is 4.67. The lowest BCUT2D eigenvalue weighted by Crippen LogP contribution is -2.48. The van der Waals surface area contributed by atoms with Crippen LogP contribution in [0.4, 0.5) is 0 Å². The second-order valence-electron chi connectivity index (χ2n) is 7.41. The second kappa shape index (κ2) is 8.73. The smallest absolute Gasteiger partial charge is 0.253 e. The highest BCUT2D eigenvalue weighted by Gasteiger charge is 2.28. The van der Waals surface area contributed by atoms with Crippen LogP contribution in [0.3, 0.4) is 0 Å². The van der Waals surface area contributed by atoms with Gasteiger partial charge in [-0.25, -0.2) is 8.42 Å².